The van der Waals surface area contributed by atoms with E-state index in [9.17, 15) is 9.59 Å². The minimum atomic E-state index is -0.590. The highest BCUT2D eigenvalue weighted by molar-refractivity contribution is 5.93. The van der Waals surface area contributed by atoms with Gasteiger partial charge in [-0.2, -0.15) is 0 Å². The minimum absolute atomic E-state index is 0.236. The molecule has 2 rings (SSSR count). The standard InChI is InChI=1S/C19H21NO4/c1-13-5-4-6-16(9-13)23-12-19(22)24-11-18(21)20-17-10-14(2)7-8-15(17)3/h4-10H,11-12H2,1-3H3,(H,20,21). The number of benzene rings is 2. The first-order valence-electron chi connectivity index (χ1n) is 7.66. The minimum Gasteiger partial charge on any atom is -0.482 e. The van der Waals surface area contributed by atoms with Gasteiger partial charge < -0.3 is 14.8 Å². The van der Waals surface area contributed by atoms with E-state index in [1.807, 2.05) is 57.2 Å². The van der Waals surface area contributed by atoms with E-state index in [-0.39, 0.29) is 19.1 Å². The molecule has 5 nitrogen and oxygen atoms in total. The number of aryl methyl sites for hydroxylation is 3. The average molecular weight is 327 g/mol. The van der Waals surface area contributed by atoms with E-state index < -0.39 is 5.97 Å². The molecule has 2 aromatic rings. The monoisotopic (exact) mass is 327 g/mol. The Morgan fingerprint density at radius 3 is 2.46 bits per heavy atom. The lowest BCUT2D eigenvalue weighted by molar-refractivity contribution is -0.149. The van der Waals surface area contributed by atoms with Crippen LogP contribution in [-0.2, 0) is 14.3 Å². The molecule has 24 heavy (non-hydrogen) atoms. The number of carbonyl (C=O) groups excluding carboxylic acids is 2. The van der Waals surface area contributed by atoms with Gasteiger partial charge in [-0.3, -0.25) is 4.79 Å². The molecule has 0 saturated heterocycles. The molecule has 0 aliphatic heterocycles. The fraction of sp³-hybridized carbons (Fsp3) is 0.263. The number of nitrogens with one attached hydrogen (secondary N) is 1. The maximum Gasteiger partial charge on any atom is 0.344 e. The van der Waals surface area contributed by atoms with Crippen molar-refractivity contribution < 1.29 is 19.1 Å². The van der Waals surface area contributed by atoms with Crippen molar-refractivity contribution in [2.45, 2.75) is 20.8 Å². The molecule has 0 aliphatic carbocycles. The van der Waals surface area contributed by atoms with Gasteiger partial charge in [0.1, 0.15) is 5.75 Å². The van der Waals surface area contributed by atoms with Gasteiger partial charge in [0.15, 0.2) is 13.2 Å². The number of carbonyl (C=O) groups is 2. The first-order valence-corrected chi connectivity index (χ1v) is 7.66. The van der Waals surface area contributed by atoms with Crippen molar-refractivity contribution in [3.8, 4) is 5.75 Å². The number of amides is 1. The summed E-state index contributed by atoms with van der Waals surface area (Å²) < 4.78 is 10.2. The summed E-state index contributed by atoms with van der Waals surface area (Å²) >= 11 is 0. The molecular weight excluding hydrogens is 306 g/mol. The lowest BCUT2D eigenvalue weighted by Gasteiger charge is -2.10. The van der Waals surface area contributed by atoms with Gasteiger partial charge in [-0.1, -0.05) is 24.3 Å². The van der Waals surface area contributed by atoms with Gasteiger partial charge >= 0.3 is 5.97 Å². The molecule has 0 atom stereocenters. The van der Waals surface area contributed by atoms with E-state index in [2.05, 4.69) is 5.32 Å². The largest absolute Gasteiger partial charge is 0.482 e. The normalized spacial score (nSPS) is 10.1. The molecule has 0 bridgehead atoms. The van der Waals surface area contributed by atoms with Crippen molar-refractivity contribution in [3.63, 3.8) is 0 Å². The molecule has 0 radical (unpaired) electrons. The topological polar surface area (TPSA) is 64.6 Å². The first kappa shape index (κ1) is 17.5. The van der Waals surface area contributed by atoms with Crippen molar-refractivity contribution in [1.29, 1.82) is 0 Å². The molecule has 0 aliphatic rings. The second-order valence-electron chi connectivity index (χ2n) is 5.63. The smallest absolute Gasteiger partial charge is 0.344 e. The van der Waals surface area contributed by atoms with Crippen LogP contribution in [0.15, 0.2) is 42.5 Å². The van der Waals surface area contributed by atoms with Gasteiger partial charge in [-0.15, -0.1) is 0 Å². The van der Waals surface area contributed by atoms with Crippen LogP contribution in [0.4, 0.5) is 5.69 Å². The van der Waals surface area contributed by atoms with Crippen molar-refractivity contribution in [3.05, 3.63) is 59.2 Å². The zero-order valence-electron chi connectivity index (χ0n) is 14.1. The van der Waals surface area contributed by atoms with Crippen LogP contribution in [-0.4, -0.2) is 25.1 Å². The fourth-order valence-electron chi connectivity index (χ4n) is 2.09. The van der Waals surface area contributed by atoms with Crippen molar-refractivity contribution in [1.82, 2.24) is 0 Å². The van der Waals surface area contributed by atoms with E-state index in [0.29, 0.717) is 11.4 Å². The zero-order chi connectivity index (χ0) is 17.5. The Hall–Kier alpha value is -2.82. The third-order valence-corrected chi connectivity index (χ3v) is 3.38. The third-order valence-electron chi connectivity index (χ3n) is 3.38. The number of ether oxygens (including phenoxy) is 2. The Morgan fingerprint density at radius 2 is 1.71 bits per heavy atom. The maximum atomic E-state index is 11.9. The van der Waals surface area contributed by atoms with E-state index in [0.717, 1.165) is 16.7 Å². The third kappa shape index (κ3) is 5.43. The summed E-state index contributed by atoms with van der Waals surface area (Å²) in [6.07, 6.45) is 0. The highest BCUT2D eigenvalue weighted by Gasteiger charge is 2.10. The Bertz CT molecular complexity index is 740. The molecule has 0 spiro atoms. The fourth-order valence-corrected chi connectivity index (χ4v) is 2.09. The lowest BCUT2D eigenvalue weighted by Crippen LogP contribution is -2.24. The Morgan fingerprint density at radius 1 is 0.958 bits per heavy atom. The van der Waals surface area contributed by atoms with Crippen LogP contribution in [0, 0.1) is 20.8 Å². The zero-order valence-corrected chi connectivity index (χ0v) is 14.1. The van der Waals surface area contributed by atoms with Crippen LogP contribution >= 0.6 is 0 Å². The predicted octanol–water partition coefficient (Wildman–Crippen LogP) is 3.17. The first-order chi connectivity index (χ1) is 11.4. The average Bonchev–Trinajstić information content (AvgIpc) is 2.54. The van der Waals surface area contributed by atoms with Crippen molar-refractivity contribution in [2.75, 3.05) is 18.5 Å². The van der Waals surface area contributed by atoms with Crippen LogP contribution in [0.5, 0.6) is 5.75 Å². The van der Waals surface area contributed by atoms with Gasteiger partial charge in [0.05, 0.1) is 0 Å². The van der Waals surface area contributed by atoms with Crippen LogP contribution in [0.25, 0.3) is 0 Å². The lowest BCUT2D eigenvalue weighted by atomic mass is 10.1. The van der Waals surface area contributed by atoms with Gasteiger partial charge in [0.2, 0.25) is 0 Å². The number of hydrogen-bond donors (Lipinski definition) is 1. The number of esters is 1. The summed E-state index contributed by atoms with van der Waals surface area (Å²) in [7, 11) is 0. The van der Waals surface area contributed by atoms with Crippen molar-refractivity contribution in [2.24, 2.45) is 0 Å². The number of rotatable bonds is 6. The molecule has 0 fully saturated rings. The van der Waals surface area contributed by atoms with Crippen molar-refractivity contribution >= 4 is 17.6 Å². The Labute approximate surface area is 141 Å². The second-order valence-corrected chi connectivity index (χ2v) is 5.63. The Kier molecular flexibility index (Phi) is 5.95. The summed E-state index contributed by atoms with van der Waals surface area (Å²) in [5.41, 5.74) is 3.74. The molecule has 2 aromatic carbocycles. The van der Waals surface area contributed by atoms with Crippen LogP contribution in [0.1, 0.15) is 16.7 Å². The van der Waals surface area contributed by atoms with Crippen LogP contribution < -0.4 is 10.1 Å². The van der Waals surface area contributed by atoms with Gasteiger partial charge in [0, 0.05) is 5.69 Å². The molecule has 0 saturated carbocycles. The maximum absolute atomic E-state index is 11.9. The van der Waals surface area contributed by atoms with E-state index in [4.69, 9.17) is 9.47 Å². The molecule has 0 aromatic heterocycles. The molecular formula is C19H21NO4. The SMILES string of the molecule is Cc1cccc(OCC(=O)OCC(=O)Nc2cc(C)ccc2C)c1. The molecule has 5 heteroatoms. The van der Waals surface area contributed by atoms with Crippen LogP contribution in [0.2, 0.25) is 0 Å². The second kappa shape index (κ2) is 8.15. The van der Waals surface area contributed by atoms with Crippen LogP contribution in [0.3, 0.4) is 0 Å². The summed E-state index contributed by atoms with van der Waals surface area (Å²) in [6.45, 7) is 5.20. The number of hydrogen-bond acceptors (Lipinski definition) is 4. The van der Waals surface area contributed by atoms with E-state index in [1.165, 1.54) is 0 Å². The van der Waals surface area contributed by atoms with Gasteiger partial charge in [-0.25, -0.2) is 4.79 Å². The predicted molar refractivity (Wildman–Crippen MR) is 92.2 cm³/mol. The Balaban J connectivity index is 1.77. The molecule has 0 unspecified atom stereocenters. The van der Waals surface area contributed by atoms with Gasteiger partial charge in [0.25, 0.3) is 5.91 Å². The summed E-state index contributed by atoms with van der Waals surface area (Å²) in [6, 6.07) is 13.1. The quantitative estimate of drug-likeness (QED) is 0.828. The van der Waals surface area contributed by atoms with E-state index in [1.54, 1.807) is 6.07 Å². The highest BCUT2D eigenvalue weighted by atomic mass is 16.6. The molecule has 0 heterocycles. The van der Waals surface area contributed by atoms with Gasteiger partial charge in [-0.05, 0) is 55.7 Å². The summed E-state index contributed by atoms with van der Waals surface area (Å²) in [5.74, 6) is -0.382. The number of anilines is 1. The molecule has 1 N–H and O–H groups in total. The van der Waals surface area contributed by atoms with E-state index >= 15 is 0 Å². The summed E-state index contributed by atoms with van der Waals surface area (Å²) in [4.78, 5) is 23.5. The molecule has 126 valence electrons. The molecule has 1 amide bonds. The highest BCUT2D eigenvalue weighted by Crippen LogP contribution is 2.16. The summed E-state index contributed by atoms with van der Waals surface area (Å²) in [5, 5.41) is 2.73.